The molecule has 3 heterocycles. The molecule has 34 heavy (non-hydrogen) atoms. The van der Waals surface area contributed by atoms with Gasteiger partial charge in [0.05, 0.1) is 13.4 Å². The number of hydrogen-bond donors (Lipinski definition) is 0. The molecule has 0 saturated carbocycles. The Hall–Kier alpha value is -3.33. The first-order chi connectivity index (χ1) is 16.7. The molecule has 1 saturated heterocycles. The van der Waals surface area contributed by atoms with Gasteiger partial charge in [-0.25, -0.2) is 14.4 Å². The molecule has 1 aliphatic heterocycles. The molecule has 0 amide bonds. The average molecular weight is 484 g/mol. The van der Waals surface area contributed by atoms with Crippen molar-refractivity contribution < 1.29 is 27.6 Å². The topological polar surface area (TPSA) is 89.8 Å². The Morgan fingerprint density at radius 3 is 2.32 bits per heavy atom. The molecule has 0 spiro atoms. The molecular formula is C23H22FN4O5P. The number of aromatic nitrogens is 4. The maximum atomic E-state index is 14.9. The Labute approximate surface area is 196 Å². The standard InChI is InChI=1S/C23H22FN4O5P/c1-29-22-20-21(25-13-26-22)28(14-27-20)23-18(24)12-19(31-23)30-15-34(32-16-8-4-2-5-9-16)33-17-10-6-3-7-11-17/h2-11,13-14,18-19,23H,12,15H2,1H3. The van der Waals surface area contributed by atoms with E-state index in [4.69, 9.17) is 23.3 Å². The Morgan fingerprint density at radius 1 is 1.00 bits per heavy atom. The Bertz CT molecular complexity index is 1170. The number of ether oxygens (including phenoxy) is 3. The van der Waals surface area contributed by atoms with Crippen molar-refractivity contribution in [3.8, 4) is 17.4 Å². The second kappa shape index (κ2) is 10.3. The van der Waals surface area contributed by atoms with Crippen LogP contribution < -0.4 is 13.8 Å². The van der Waals surface area contributed by atoms with Gasteiger partial charge in [0.1, 0.15) is 24.2 Å². The molecule has 1 aliphatic rings. The lowest BCUT2D eigenvalue weighted by molar-refractivity contribution is -0.142. The van der Waals surface area contributed by atoms with Gasteiger partial charge in [-0.2, -0.15) is 4.98 Å². The highest BCUT2D eigenvalue weighted by atomic mass is 31.2. The van der Waals surface area contributed by atoms with E-state index < -0.39 is 27.1 Å². The molecule has 176 valence electrons. The first-order valence-corrected chi connectivity index (χ1v) is 11.9. The van der Waals surface area contributed by atoms with Gasteiger partial charge in [0.15, 0.2) is 29.9 Å². The molecule has 0 radical (unpaired) electrons. The van der Waals surface area contributed by atoms with Crippen LogP contribution in [0.15, 0.2) is 73.3 Å². The fourth-order valence-electron chi connectivity index (χ4n) is 3.52. The number of methoxy groups -OCH3 is 1. The van der Waals surface area contributed by atoms with E-state index in [-0.39, 0.29) is 12.8 Å². The maximum Gasteiger partial charge on any atom is 0.318 e. The molecule has 2 aromatic carbocycles. The zero-order valence-electron chi connectivity index (χ0n) is 18.2. The lowest BCUT2D eigenvalue weighted by Gasteiger charge is -2.21. The quantitative estimate of drug-likeness (QED) is 0.311. The van der Waals surface area contributed by atoms with Gasteiger partial charge in [0.2, 0.25) is 5.88 Å². The Kier molecular flexibility index (Phi) is 6.80. The van der Waals surface area contributed by atoms with Crippen molar-refractivity contribution in [2.24, 2.45) is 0 Å². The minimum absolute atomic E-state index is 0.0480. The van der Waals surface area contributed by atoms with Gasteiger partial charge in [-0.1, -0.05) is 36.4 Å². The lowest BCUT2D eigenvalue weighted by atomic mass is 10.3. The van der Waals surface area contributed by atoms with Crippen LogP contribution in [-0.4, -0.2) is 45.4 Å². The van der Waals surface area contributed by atoms with Crippen molar-refractivity contribution in [2.75, 3.05) is 13.5 Å². The summed E-state index contributed by atoms with van der Waals surface area (Å²) in [7, 11) is -0.0307. The minimum atomic E-state index is -1.52. The number of benzene rings is 2. The van der Waals surface area contributed by atoms with E-state index in [9.17, 15) is 4.39 Å². The van der Waals surface area contributed by atoms with Crippen molar-refractivity contribution >= 4 is 19.5 Å². The van der Waals surface area contributed by atoms with Gasteiger partial charge in [-0.15, -0.1) is 0 Å². The van der Waals surface area contributed by atoms with Gasteiger partial charge in [-0.3, -0.25) is 4.57 Å². The van der Waals surface area contributed by atoms with Crippen LogP contribution in [0.25, 0.3) is 11.2 Å². The summed E-state index contributed by atoms with van der Waals surface area (Å²) in [5.74, 6) is 1.62. The summed E-state index contributed by atoms with van der Waals surface area (Å²) in [6, 6.07) is 18.6. The second-order valence-corrected chi connectivity index (χ2v) is 8.64. The third kappa shape index (κ3) is 4.94. The number of nitrogens with zero attached hydrogens (tertiary/aromatic N) is 4. The fourth-order valence-corrected chi connectivity index (χ4v) is 4.67. The van der Waals surface area contributed by atoms with Crippen molar-refractivity contribution in [1.82, 2.24) is 19.5 Å². The van der Waals surface area contributed by atoms with E-state index in [0.29, 0.717) is 28.5 Å². The smallest absolute Gasteiger partial charge is 0.318 e. The van der Waals surface area contributed by atoms with Crippen LogP contribution in [0, 0.1) is 0 Å². The molecular weight excluding hydrogens is 462 g/mol. The molecule has 2 aromatic heterocycles. The summed E-state index contributed by atoms with van der Waals surface area (Å²) >= 11 is 0. The van der Waals surface area contributed by atoms with Gasteiger partial charge in [-0.05, 0) is 24.3 Å². The normalized spacial score (nSPS) is 20.0. The predicted octanol–water partition coefficient (Wildman–Crippen LogP) is 4.86. The molecule has 0 N–H and O–H groups in total. The van der Waals surface area contributed by atoms with E-state index in [1.807, 2.05) is 60.7 Å². The average Bonchev–Trinajstić information content (AvgIpc) is 3.46. The van der Waals surface area contributed by atoms with Crippen molar-refractivity contribution in [3.05, 3.63) is 73.3 Å². The first kappa shape index (κ1) is 22.5. The molecule has 4 aromatic rings. The van der Waals surface area contributed by atoms with Crippen LogP contribution in [0.1, 0.15) is 12.6 Å². The number of rotatable bonds is 9. The minimum Gasteiger partial charge on any atom is -0.479 e. The Balaban J connectivity index is 1.27. The molecule has 11 heteroatoms. The van der Waals surface area contributed by atoms with E-state index in [2.05, 4.69) is 15.0 Å². The number of imidazole rings is 1. The highest BCUT2D eigenvalue weighted by molar-refractivity contribution is 7.47. The van der Waals surface area contributed by atoms with Crippen molar-refractivity contribution in [2.45, 2.75) is 25.1 Å². The van der Waals surface area contributed by atoms with E-state index in [1.165, 1.54) is 24.3 Å². The third-order valence-corrected chi connectivity index (χ3v) is 6.27. The van der Waals surface area contributed by atoms with Gasteiger partial charge in [0.25, 0.3) is 0 Å². The number of para-hydroxylation sites is 2. The van der Waals surface area contributed by atoms with Crippen LogP contribution >= 0.6 is 8.38 Å². The zero-order chi connectivity index (χ0) is 23.3. The molecule has 3 unspecified atom stereocenters. The first-order valence-electron chi connectivity index (χ1n) is 10.6. The summed E-state index contributed by atoms with van der Waals surface area (Å²) < 4.78 is 45.5. The highest BCUT2D eigenvalue weighted by Crippen LogP contribution is 2.42. The number of hydrogen-bond acceptors (Lipinski definition) is 8. The summed E-state index contributed by atoms with van der Waals surface area (Å²) in [6.07, 6.45) is -0.109. The molecule has 3 atom stereocenters. The summed E-state index contributed by atoms with van der Waals surface area (Å²) in [4.78, 5) is 12.5. The Morgan fingerprint density at radius 2 is 1.68 bits per heavy atom. The van der Waals surface area contributed by atoms with Crippen molar-refractivity contribution in [1.29, 1.82) is 0 Å². The van der Waals surface area contributed by atoms with Crippen LogP contribution in [-0.2, 0) is 9.47 Å². The van der Waals surface area contributed by atoms with E-state index in [1.54, 1.807) is 0 Å². The summed E-state index contributed by atoms with van der Waals surface area (Å²) in [6.45, 7) is 0. The van der Waals surface area contributed by atoms with Crippen LogP contribution in [0.2, 0.25) is 0 Å². The van der Waals surface area contributed by atoms with Gasteiger partial charge < -0.3 is 23.3 Å². The zero-order valence-corrected chi connectivity index (χ0v) is 19.1. The SMILES string of the molecule is COc1ncnc2c1ncn2C1OC(OCP(Oc2ccccc2)Oc2ccccc2)CC1F. The number of alkyl halides is 1. The third-order valence-electron chi connectivity index (χ3n) is 5.08. The monoisotopic (exact) mass is 484 g/mol. The van der Waals surface area contributed by atoms with E-state index >= 15 is 0 Å². The molecule has 0 aliphatic carbocycles. The molecule has 1 fully saturated rings. The summed E-state index contributed by atoms with van der Waals surface area (Å²) in [5, 5.41) is 0. The van der Waals surface area contributed by atoms with Crippen LogP contribution in [0.4, 0.5) is 4.39 Å². The molecule has 5 rings (SSSR count). The lowest BCUT2D eigenvalue weighted by Crippen LogP contribution is -2.17. The van der Waals surface area contributed by atoms with Gasteiger partial charge >= 0.3 is 8.38 Å². The number of halogens is 1. The highest BCUT2D eigenvalue weighted by Gasteiger charge is 2.39. The van der Waals surface area contributed by atoms with Crippen LogP contribution in [0.3, 0.4) is 0 Å². The maximum absolute atomic E-state index is 14.9. The predicted molar refractivity (Wildman–Crippen MR) is 122 cm³/mol. The molecule has 9 nitrogen and oxygen atoms in total. The van der Waals surface area contributed by atoms with Crippen LogP contribution in [0.5, 0.6) is 17.4 Å². The largest absolute Gasteiger partial charge is 0.479 e. The summed E-state index contributed by atoms with van der Waals surface area (Å²) in [5.41, 5.74) is 0.850. The second-order valence-electron chi connectivity index (χ2n) is 7.35. The van der Waals surface area contributed by atoms with Gasteiger partial charge in [0, 0.05) is 6.42 Å². The fraction of sp³-hybridized carbons (Fsp3) is 0.261. The van der Waals surface area contributed by atoms with Crippen molar-refractivity contribution in [3.63, 3.8) is 0 Å². The number of fused-ring (bicyclic) bond motifs is 1. The van der Waals surface area contributed by atoms with E-state index in [0.717, 1.165) is 0 Å². The molecule has 0 bridgehead atoms.